The van der Waals surface area contributed by atoms with Crippen molar-refractivity contribution in [2.75, 3.05) is 0 Å². The number of imidazole rings is 1. The first-order chi connectivity index (χ1) is 8.47. The lowest BCUT2D eigenvalue weighted by molar-refractivity contribution is -0.123. The van der Waals surface area contributed by atoms with Gasteiger partial charge in [-0.3, -0.25) is 9.36 Å². The van der Waals surface area contributed by atoms with E-state index in [4.69, 9.17) is 5.73 Å². The van der Waals surface area contributed by atoms with Gasteiger partial charge in [0.2, 0.25) is 5.91 Å². The first-order valence-electron chi connectivity index (χ1n) is 5.80. The summed E-state index contributed by atoms with van der Waals surface area (Å²) in [6, 6.07) is -0.634. The van der Waals surface area contributed by atoms with E-state index < -0.39 is 12.6 Å². The lowest BCUT2D eigenvalue weighted by Gasteiger charge is -2.17. The summed E-state index contributed by atoms with van der Waals surface area (Å²) in [7, 11) is 0. The molecule has 3 N–H and O–H groups in total. The van der Waals surface area contributed by atoms with E-state index in [-0.39, 0.29) is 36.6 Å². The number of hydrogen-bond donors (Lipinski definition) is 2. The van der Waals surface area contributed by atoms with E-state index in [1.54, 1.807) is 0 Å². The van der Waals surface area contributed by atoms with Crippen molar-refractivity contribution in [1.29, 1.82) is 0 Å². The number of nitrogens with one attached hydrogen (secondary N) is 1. The van der Waals surface area contributed by atoms with Gasteiger partial charge in [-0.05, 0) is 5.92 Å². The van der Waals surface area contributed by atoms with E-state index in [1.165, 1.54) is 12.4 Å². The second kappa shape index (κ2) is 8.06. The van der Waals surface area contributed by atoms with Crippen molar-refractivity contribution in [2.45, 2.75) is 39.4 Å². The molecule has 1 amide bonds. The molecule has 2 atom stereocenters. The van der Waals surface area contributed by atoms with Gasteiger partial charge in [0.1, 0.15) is 5.82 Å². The zero-order valence-corrected chi connectivity index (χ0v) is 11.7. The number of halogens is 3. The fourth-order valence-electron chi connectivity index (χ4n) is 1.45. The van der Waals surface area contributed by atoms with Gasteiger partial charge in [-0.1, -0.05) is 20.3 Å². The zero-order chi connectivity index (χ0) is 13.7. The highest BCUT2D eigenvalue weighted by atomic mass is 35.5. The highest BCUT2D eigenvalue weighted by molar-refractivity contribution is 5.85. The van der Waals surface area contributed by atoms with Gasteiger partial charge in [0, 0.05) is 12.4 Å². The standard InChI is InChI=1S/C11H18F2N4O.ClH/c1-3-7(2)9(14)10(18)16-6-8-15-4-5-17(8)11(12)13;/h4-5,7,9,11H,3,6,14H2,1-2H3,(H,16,18);1H. The predicted molar refractivity (Wildman–Crippen MR) is 70.0 cm³/mol. The first kappa shape index (κ1) is 17.8. The Morgan fingerprint density at radius 1 is 1.58 bits per heavy atom. The monoisotopic (exact) mass is 296 g/mol. The van der Waals surface area contributed by atoms with Crippen LogP contribution in [0.1, 0.15) is 32.6 Å². The third-order valence-corrected chi connectivity index (χ3v) is 2.94. The maximum Gasteiger partial charge on any atom is 0.319 e. The van der Waals surface area contributed by atoms with E-state index in [1.807, 2.05) is 13.8 Å². The van der Waals surface area contributed by atoms with E-state index in [2.05, 4.69) is 10.3 Å². The van der Waals surface area contributed by atoms with Crippen molar-refractivity contribution >= 4 is 18.3 Å². The number of carbonyl (C=O) groups is 1. The maximum atomic E-state index is 12.5. The fraction of sp³-hybridized carbons (Fsp3) is 0.636. The van der Waals surface area contributed by atoms with Crippen molar-refractivity contribution in [3.05, 3.63) is 18.2 Å². The molecule has 0 aliphatic heterocycles. The molecule has 0 aliphatic carbocycles. The Morgan fingerprint density at radius 2 is 2.21 bits per heavy atom. The minimum atomic E-state index is -2.66. The smallest absolute Gasteiger partial charge is 0.319 e. The summed E-state index contributed by atoms with van der Waals surface area (Å²) >= 11 is 0. The van der Waals surface area contributed by atoms with Crippen LogP contribution in [0.2, 0.25) is 0 Å². The average Bonchev–Trinajstić information content (AvgIpc) is 2.82. The summed E-state index contributed by atoms with van der Waals surface area (Å²) in [4.78, 5) is 15.4. The van der Waals surface area contributed by atoms with Gasteiger partial charge in [0.15, 0.2) is 0 Å². The molecule has 1 aromatic heterocycles. The minimum absolute atomic E-state index is 0. The summed E-state index contributed by atoms with van der Waals surface area (Å²) in [5.74, 6) is -0.206. The van der Waals surface area contributed by atoms with Gasteiger partial charge >= 0.3 is 6.55 Å². The van der Waals surface area contributed by atoms with E-state index >= 15 is 0 Å². The maximum absolute atomic E-state index is 12.5. The van der Waals surface area contributed by atoms with Crippen molar-refractivity contribution in [1.82, 2.24) is 14.9 Å². The fourth-order valence-corrected chi connectivity index (χ4v) is 1.45. The normalized spacial score (nSPS) is 13.8. The second-order valence-electron chi connectivity index (χ2n) is 4.16. The van der Waals surface area contributed by atoms with Gasteiger partial charge in [-0.2, -0.15) is 8.78 Å². The second-order valence-corrected chi connectivity index (χ2v) is 4.16. The van der Waals surface area contributed by atoms with E-state index in [9.17, 15) is 13.6 Å². The average molecular weight is 297 g/mol. The molecule has 1 heterocycles. The largest absolute Gasteiger partial charge is 0.348 e. The number of nitrogens with zero attached hydrogens (tertiary/aromatic N) is 2. The number of nitrogens with two attached hydrogens (primary N) is 1. The summed E-state index contributed by atoms with van der Waals surface area (Å²) in [6.45, 7) is 1.08. The van der Waals surface area contributed by atoms with Crippen LogP contribution in [0.5, 0.6) is 0 Å². The summed E-state index contributed by atoms with van der Waals surface area (Å²) < 4.78 is 25.7. The Balaban J connectivity index is 0.00000324. The van der Waals surface area contributed by atoms with E-state index in [0.29, 0.717) is 4.57 Å². The lowest BCUT2D eigenvalue weighted by atomic mass is 9.99. The number of carbonyl (C=O) groups excluding carboxylic acids is 1. The van der Waals surface area contributed by atoms with E-state index in [0.717, 1.165) is 6.42 Å². The van der Waals surface area contributed by atoms with Crippen molar-refractivity contribution in [3.8, 4) is 0 Å². The van der Waals surface area contributed by atoms with Crippen molar-refractivity contribution < 1.29 is 13.6 Å². The summed E-state index contributed by atoms with van der Waals surface area (Å²) in [5, 5.41) is 2.51. The van der Waals surface area contributed by atoms with Gasteiger partial charge in [-0.25, -0.2) is 4.98 Å². The Morgan fingerprint density at radius 3 is 2.74 bits per heavy atom. The summed E-state index contributed by atoms with van der Waals surface area (Å²) in [6.07, 6.45) is 3.21. The SMILES string of the molecule is CCC(C)C(N)C(=O)NCc1nccn1C(F)F.Cl. The molecule has 0 bridgehead atoms. The van der Waals surface area contributed by atoms with Crippen LogP contribution in [0.4, 0.5) is 8.78 Å². The van der Waals surface area contributed by atoms with Crippen LogP contribution in [-0.2, 0) is 11.3 Å². The van der Waals surface area contributed by atoms with Crippen molar-refractivity contribution in [3.63, 3.8) is 0 Å². The van der Waals surface area contributed by atoms with Crippen LogP contribution in [0, 0.1) is 5.92 Å². The van der Waals surface area contributed by atoms with Crippen LogP contribution in [0.3, 0.4) is 0 Å². The number of hydrogen-bond acceptors (Lipinski definition) is 3. The molecule has 1 rings (SSSR count). The van der Waals surface area contributed by atoms with Crippen LogP contribution in [0.25, 0.3) is 0 Å². The Labute approximate surface area is 117 Å². The first-order valence-corrected chi connectivity index (χ1v) is 5.80. The molecule has 2 unspecified atom stereocenters. The molecule has 0 aliphatic rings. The molecule has 0 spiro atoms. The molecule has 0 saturated heterocycles. The molecule has 0 radical (unpaired) electrons. The topological polar surface area (TPSA) is 72.9 Å². The minimum Gasteiger partial charge on any atom is -0.348 e. The van der Waals surface area contributed by atoms with Gasteiger partial charge in [0.05, 0.1) is 12.6 Å². The number of rotatable bonds is 6. The summed E-state index contributed by atoms with van der Waals surface area (Å²) in [5.41, 5.74) is 5.72. The molecule has 0 saturated carbocycles. The predicted octanol–water partition coefficient (Wildman–Crippen LogP) is 1.69. The third-order valence-electron chi connectivity index (χ3n) is 2.94. The third kappa shape index (κ3) is 4.76. The van der Waals surface area contributed by atoms with Gasteiger partial charge < -0.3 is 11.1 Å². The van der Waals surface area contributed by atoms with Crippen molar-refractivity contribution in [2.24, 2.45) is 11.7 Å². The molecular formula is C11H19ClF2N4O. The number of amides is 1. The molecule has 110 valence electrons. The van der Waals surface area contributed by atoms with Crippen LogP contribution < -0.4 is 11.1 Å². The quantitative estimate of drug-likeness (QED) is 0.839. The van der Waals surface area contributed by atoms with Gasteiger partial charge in [-0.15, -0.1) is 12.4 Å². The Bertz CT molecular complexity index is 400. The molecule has 5 nitrogen and oxygen atoms in total. The van der Waals surface area contributed by atoms with Crippen LogP contribution >= 0.6 is 12.4 Å². The molecular weight excluding hydrogens is 278 g/mol. The Kier molecular flexibility index (Phi) is 7.55. The molecule has 19 heavy (non-hydrogen) atoms. The lowest BCUT2D eigenvalue weighted by Crippen LogP contribution is -2.44. The molecule has 0 fully saturated rings. The number of aromatic nitrogens is 2. The highest BCUT2D eigenvalue weighted by Gasteiger charge is 2.20. The highest BCUT2D eigenvalue weighted by Crippen LogP contribution is 2.12. The molecule has 1 aromatic rings. The van der Waals surface area contributed by atoms with Crippen LogP contribution in [-0.4, -0.2) is 21.5 Å². The number of alkyl halides is 2. The molecule has 0 aromatic carbocycles. The van der Waals surface area contributed by atoms with Gasteiger partial charge in [0.25, 0.3) is 0 Å². The zero-order valence-electron chi connectivity index (χ0n) is 10.8. The molecule has 8 heteroatoms. The Hall–Kier alpha value is -1.21. The van der Waals surface area contributed by atoms with Crippen LogP contribution in [0.15, 0.2) is 12.4 Å².